The zero-order valence-corrected chi connectivity index (χ0v) is 19.7. The van der Waals surface area contributed by atoms with E-state index in [1.54, 1.807) is 4.90 Å². The second-order valence-corrected chi connectivity index (χ2v) is 8.75. The van der Waals surface area contributed by atoms with Gasteiger partial charge in [-0.05, 0) is 65.9 Å². The highest BCUT2D eigenvalue weighted by atomic mass is 19.4. The Labute approximate surface area is 211 Å². The Morgan fingerprint density at radius 2 is 1.68 bits per heavy atom. The Balaban J connectivity index is 1.39. The molecule has 3 aromatic carbocycles. The van der Waals surface area contributed by atoms with Gasteiger partial charge in [0.15, 0.2) is 0 Å². The number of nitrogens with zero attached hydrogens (tertiary/aromatic N) is 1. The van der Waals surface area contributed by atoms with E-state index >= 15 is 0 Å². The van der Waals surface area contributed by atoms with Crippen molar-refractivity contribution in [1.29, 1.82) is 0 Å². The highest BCUT2D eigenvalue weighted by Gasteiger charge is 2.32. The van der Waals surface area contributed by atoms with Crippen molar-refractivity contribution in [1.82, 2.24) is 5.32 Å². The van der Waals surface area contributed by atoms with Crippen molar-refractivity contribution in [3.05, 3.63) is 83.9 Å². The number of urea groups is 1. The van der Waals surface area contributed by atoms with E-state index in [0.717, 1.165) is 41.0 Å². The molecule has 1 atom stereocenters. The van der Waals surface area contributed by atoms with Crippen LogP contribution in [-0.4, -0.2) is 30.4 Å². The minimum Gasteiger partial charge on any atom is -0.369 e. The highest BCUT2D eigenvalue weighted by Crippen LogP contribution is 2.30. The average Bonchev–Trinajstić information content (AvgIpc) is 2.85. The predicted octanol–water partition coefficient (Wildman–Crippen LogP) is 4.72. The molecule has 0 spiro atoms. The van der Waals surface area contributed by atoms with Crippen molar-refractivity contribution in [2.24, 2.45) is 5.73 Å². The topological polar surface area (TPSA) is 105 Å². The smallest absolute Gasteiger partial charge is 0.369 e. The van der Waals surface area contributed by atoms with Crippen LogP contribution in [0.15, 0.2) is 72.8 Å². The molecule has 1 unspecified atom stereocenters. The molecule has 0 aromatic heterocycles. The Morgan fingerprint density at radius 1 is 0.973 bits per heavy atom. The summed E-state index contributed by atoms with van der Waals surface area (Å²) in [5.74, 6) is -0.683. The van der Waals surface area contributed by atoms with Crippen molar-refractivity contribution < 1.29 is 27.6 Å². The fourth-order valence-electron chi connectivity index (χ4n) is 4.23. The third-order valence-corrected chi connectivity index (χ3v) is 6.03. The van der Waals surface area contributed by atoms with E-state index in [2.05, 4.69) is 10.6 Å². The standard InChI is InChI=1S/C27H25F3N4O3/c28-27(29,30)20-8-10-21(11-9-20)32-26(37)33-23-5-2-14-34(25(23)36)22-12-6-18(7-13-22)19-4-1-3-17(15-19)16-24(31)35/h1,3-4,6-13,15,23H,2,5,14,16H2,(H2,31,35)(H2,32,33,37). The number of piperidine rings is 1. The number of carbonyl (C=O) groups excluding carboxylic acids is 3. The van der Waals surface area contributed by atoms with E-state index in [-0.39, 0.29) is 18.0 Å². The van der Waals surface area contributed by atoms with Crippen molar-refractivity contribution in [3.63, 3.8) is 0 Å². The molecule has 10 heteroatoms. The summed E-state index contributed by atoms with van der Waals surface area (Å²) in [6.45, 7) is 0.491. The van der Waals surface area contributed by atoms with Gasteiger partial charge in [-0.2, -0.15) is 13.2 Å². The first kappa shape index (κ1) is 25.7. The van der Waals surface area contributed by atoms with E-state index in [1.165, 1.54) is 0 Å². The van der Waals surface area contributed by atoms with Gasteiger partial charge in [0.2, 0.25) is 11.8 Å². The molecular weight excluding hydrogens is 485 g/mol. The van der Waals surface area contributed by atoms with Gasteiger partial charge in [0.25, 0.3) is 0 Å². The number of primary amides is 1. The molecule has 7 nitrogen and oxygen atoms in total. The maximum atomic E-state index is 13.1. The minimum atomic E-state index is -4.47. The van der Waals surface area contributed by atoms with Crippen LogP contribution in [0.5, 0.6) is 0 Å². The molecule has 1 fully saturated rings. The van der Waals surface area contributed by atoms with Crippen molar-refractivity contribution in [2.45, 2.75) is 31.5 Å². The fourth-order valence-corrected chi connectivity index (χ4v) is 4.23. The third kappa shape index (κ3) is 6.46. The Bertz CT molecular complexity index is 1290. The molecule has 0 bridgehead atoms. The third-order valence-electron chi connectivity index (χ3n) is 6.03. The Kier molecular flexibility index (Phi) is 7.47. The van der Waals surface area contributed by atoms with Crippen LogP contribution in [0.2, 0.25) is 0 Å². The van der Waals surface area contributed by atoms with Gasteiger partial charge in [-0.25, -0.2) is 4.79 Å². The summed E-state index contributed by atoms with van der Waals surface area (Å²) in [6.07, 6.45) is -3.21. The van der Waals surface area contributed by atoms with Gasteiger partial charge < -0.3 is 21.3 Å². The first-order valence-electron chi connectivity index (χ1n) is 11.6. The molecule has 37 heavy (non-hydrogen) atoms. The summed E-state index contributed by atoms with van der Waals surface area (Å²) in [4.78, 5) is 38.3. The first-order valence-corrected chi connectivity index (χ1v) is 11.6. The van der Waals surface area contributed by atoms with Crippen LogP contribution in [-0.2, 0) is 22.2 Å². The number of halogens is 3. The van der Waals surface area contributed by atoms with Gasteiger partial charge >= 0.3 is 12.2 Å². The van der Waals surface area contributed by atoms with E-state index in [9.17, 15) is 27.6 Å². The van der Waals surface area contributed by atoms with Crippen molar-refractivity contribution >= 4 is 29.2 Å². The molecule has 1 aliphatic rings. The van der Waals surface area contributed by atoms with Crippen LogP contribution in [0.25, 0.3) is 11.1 Å². The van der Waals surface area contributed by atoms with Gasteiger partial charge in [0, 0.05) is 17.9 Å². The number of amides is 4. The molecule has 0 radical (unpaired) electrons. The quantitative estimate of drug-likeness (QED) is 0.447. The number of carbonyl (C=O) groups is 3. The van der Waals surface area contributed by atoms with Crippen molar-refractivity contribution in [2.75, 3.05) is 16.8 Å². The monoisotopic (exact) mass is 510 g/mol. The Morgan fingerprint density at radius 3 is 2.32 bits per heavy atom. The summed E-state index contributed by atoms with van der Waals surface area (Å²) >= 11 is 0. The number of benzene rings is 3. The van der Waals surface area contributed by atoms with Crippen molar-refractivity contribution in [3.8, 4) is 11.1 Å². The van der Waals surface area contributed by atoms with Crippen LogP contribution < -0.4 is 21.3 Å². The predicted molar refractivity (Wildman–Crippen MR) is 134 cm³/mol. The van der Waals surface area contributed by atoms with Crippen LogP contribution in [0.4, 0.5) is 29.3 Å². The SMILES string of the molecule is NC(=O)Cc1cccc(-c2ccc(N3CCCC(NC(=O)Nc4ccc(C(F)(F)F)cc4)C3=O)cc2)c1. The molecule has 0 saturated carbocycles. The number of nitrogens with two attached hydrogens (primary N) is 1. The van der Waals surface area contributed by atoms with E-state index < -0.39 is 29.7 Å². The van der Waals surface area contributed by atoms with E-state index in [0.29, 0.717) is 25.1 Å². The molecule has 4 N–H and O–H groups in total. The number of alkyl halides is 3. The maximum Gasteiger partial charge on any atom is 0.416 e. The zero-order valence-electron chi connectivity index (χ0n) is 19.7. The minimum absolute atomic E-state index is 0.148. The summed E-state index contributed by atoms with van der Waals surface area (Å²) in [6, 6.07) is 17.5. The second-order valence-electron chi connectivity index (χ2n) is 8.75. The normalized spacial score (nSPS) is 15.8. The van der Waals surface area contributed by atoms with Gasteiger partial charge in [-0.3, -0.25) is 9.59 Å². The van der Waals surface area contributed by atoms with E-state index in [1.807, 2.05) is 48.5 Å². The van der Waals surface area contributed by atoms with Gasteiger partial charge in [-0.15, -0.1) is 0 Å². The van der Waals surface area contributed by atoms with Gasteiger partial charge in [-0.1, -0.05) is 36.4 Å². The summed E-state index contributed by atoms with van der Waals surface area (Å²) < 4.78 is 38.2. The number of nitrogens with one attached hydrogen (secondary N) is 2. The lowest BCUT2D eigenvalue weighted by Crippen LogP contribution is -2.53. The molecule has 1 heterocycles. The fraction of sp³-hybridized carbons (Fsp3) is 0.222. The largest absolute Gasteiger partial charge is 0.416 e. The van der Waals surface area contributed by atoms with E-state index in [4.69, 9.17) is 5.73 Å². The maximum absolute atomic E-state index is 13.1. The number of hydrogen-bond acceptors (Lipinski definition) is 3. The lowest BCUT2D eigenvalue weighted by atomic mass is 10.00. The number of rotatable bonds is 6. The number of hydrogen-bond donors (Lipinski definition) is 3. The van der Waals surface area contributed by atoms with Crippen LogP contribution in [0.1, 0.15) is 24.0 Å². The summed E-state index contributed by atoms with van der Waals surface area (Å²) in [7, 11) is 0. The second kappa shape index (κ2) is 10.7. The molecule has 0 aliphatic carbocycles. The first-order chi connectivity index (χ1) is 17.6. The highest BCUT2D eigenvalue weighted by molar-refractivity contribution is 6.01. The van der Waals surface area contributed by atoms with Gasteiger partial charge in [0.05, 0.1) is 12.0 Å². The molecule has 4 rings (SSSR count). The molecular formula is C27H25F3N4O3. The molecule has 3 aromatic rings. The van der Waals surface area contributed by atoms with Gasteiger partial charge in [0.1, 0.15) is 6.04 Å². The lowest BCUT2D eigenvalue weighted by molar-refractivity contribution is -0.137. The molecule has 192 valence electrons. The van der Waals surface area contributed by atoms with Crippen LogP contribution in [0.3, 0.4) is 0 Å². The van der Waals surface area contributed by atoms with Crippen LogP contribution in [0, 0.1) is 0 Å². The average molecular weight is 511 g/mol. The summed E-state index contributed by atoms with van der Waals surface area (Å²) in [5.41, 5.74) is 7.95. The molecule has 1 saturated heterocycles. The summed E-state index contributed by atoms with van der Waals surface area (Å²) in [5, 5.41) is 5.09. The lowest BCUT2D eigenvalue weighted by Gasteiger charge is -2.32. The molecule has 1 aliphatic heterocycles. The van der Waals surface area contributed by atoms with Crippen LogP contribution >= 0.6 is 0 Å². The molecule has 4 amide bonds. The zero-order chi connectivity index (χ0) is 26.6. The number of anilines is 2. The Hall–Kier alpha value is -4.34.